The van der Waals surface area contributed by atoms with Crippen LogP contribution in [0.1, 0.15) is 27.2 Å². The standard InChI is InChI=1S/C10H20N2O/c1-5-8-12(7-3)9(13)10(4,11)6-2/h5H,1,6-8,11H2,2-4H3. The highest BCUT2D eigenvalue weighted by molar-refractivity contribution is 5.85. The fraction of sp³-hybridized carbons (Fsp3) is 0.700. The van der Waals surface area contributed by atoms with Crippen LogP contribution in [-0.2, 0) is 4.79 Å². The Balaban J connectivity index is 4.44. The summed E-state index contributed by atoms with van der Waals surface area (Å²) in [5.74, 6) is -0.00241. The molecule has 0 radical (unpaired) electrons. The minimum absolute atomic E-state index is 0.00241. The molecule has 0 aromatic carbocycles. The first-order valence-corrected chi connectivity index (χ1v) is 4.68. The fourth-order valence-corrected chi connectivity index (χ4v) is 1.02. The largest absolute Gasteiger partial charge is 0.338 e. The highest BCUT2D eigenvalue weighted by Gasteiger charge is 2.29. The first kappa shape index (κ1) is 12.2. The summed E-state index contributed by atoms with van der Waals surface area (Å²) in [4.78, 5) is 13.5. The van der Waals surface area contributed by atoms with Crippen molar-refractivity contribution in [2.45, 2.75) is 32.7 Å². The quantitative estimate of drug-likeness (QED) is 0.651. The summed E-state index contributed by atoms with van der Waals surface area (Å²) in [7, 11) is 0. The molecule has 0 spiro atoms. The van der Waals surface area contributed by atoms with E-state index in [0.717, 1.165) is 0 Å². The Labute approximate surface area is 80.6 Å². The molecule has 0 saturated heterocycles. The van der Waals surface area contributed by atoms with E-state index >= 15 is 0 Å². The van der Waals surface area contributed by atoms with Crippen molar-refractivity contribution in [3.63, 3.8) is 0 Å². The van der Waals surface area contributed by atoms with Crippen LogP contribution in [0.4, 0.5) is 0 Å². The van der Waals surface area contributed by atoms with Gasteiger partial charge in [-0.05, 0) is 20.3 Å². The lowest BCUT2D eigenvalue weighted by atomic mass is 9.98. The van der Waals surface area contributed by atoms with Crippen LogP contribution in [0, 0.1) is 0 Å². The highest BCUT2D eigenvalue weighted by Crippen LogP contribution is 2.09. The first-order chi connectivity index (χ1) is 5.99. The molecular weight excluding hydrogens is 164 g/mol. The number of nitrogens with zero attached hydrogens (tertiary/aromatic N) is 1. The lowest BCUT2D eigenvalue weighted by molar-refractivity contribution is -0.135. The van der Waals surface area contributed by atoms with Gasteiger partial charge in [-0.2, -0.15) is 0 Å². The van der Waals surface area contributed by atoms with Crippen molar-refractivity contribution in [1.29, 1.82) is 0 Å². The lowest BCUT2D eigenvalue weighted by Gasteiger charge is -2.29. The van der Waals surface area contributed by atoms with Crippen LogP contribution >= 0.6 is 0 Å². The van der Waals surface area contributed by atoms with E-state index in [1.165, 1.54) is 0 Å². The molecular formula is C10H20N2O. The van der Waals surface area contributed by atoms with E-state index in [4.69, 9.17) is 5.73 Å². The minimum atomic E-state index is -0.737. The number of rotatable bonds is 5. The normalized spacial score (nSPS) is 14.8. The third-order valence-electron chi connectivity index (χ3n) is 2.24. The van der Waals surface area contributed by atoms with Crippen LogP contribution in [-0.4, -0.2) is 29.4 Å². The summed E-state index contributed by atoms with van der Waals surface area (Å²) in [6.45, 7) is 10.5. The summed E-state index contributed by atoms with van der Waals surface area (Å²) in [5, 5.41) is 0. The van der Waals surface area contributed by atoms with Gasteiger partial charge in [-0.15, -0.1) is 6.58 Å². The van der Waals surface area contributed by atoms with Crippen LogP contribution in [0.15, 0.2) is 12.7 Å². The monoisotopic (exact) mass is 184 g/mol. The average molecular weight is 184 g/mol. The van der Waals surface area contributed by atoms with Crippen LogP contribution in [0.3, 0.4) is 0 Å². The molecule has 1 unspecified atom stereocenters. The maximum absolute atomic E-state index is 11.8. The van der Waals surface area contributed by atoms with Crippen molar-refractivity contribution in [1.82, 2.24) is 4.90 Å². The van der Waals surface area contributed by atoms with Crippen LogP contribution in [0.5, 0.6) is 0 Å². The van der Waals surface area contributed by atoms with Gasteiger partial charge < -0.3 is 10.6 Å². The Bertz CT molecular complexity index is 187. The van der Waals surface area contributed by atoms with E-state index in [1.54, 1.807) is 17.9 Å². The molecule has 0 aliphatic heterocycles. The summed E-state index contributed by atoms with van der Waals surface area (Å²) in [6.07, 6.45) is 2.37. The van der Waals surface area contributed by atoms with E-state index in [9.17, 15) is 4.79 Å². The van der Waals surface area contributed by atoms with E-state index in [2.05, 4.69) is 6.58 Å². The maximum Gasteiger partial charge on any atom is 0.242 e. The van der Waals surface area contributed by atoms with Crippen molar-refractivity contribution in [3.8, 4) is 0 Å². The smallest absolute Gasteiger partial charge is 0.242 e. The summed E-state index contributed by atoms with van der Waals surface area (Å²) in [5.41, 5.74) is 5.10. The van der Waals surface area contributed by atoms with Gasteiger partial charge in [-0.1, -0.05) is 13.0 Å². The van der Waals surface area contributed by atoms with Gasteiger partial charge in [0.05, 0.1) is 5.54 Å². The zero-order chi connectivity index (χ0) is 10.5. The predicted octanol–water partition coefficient (Wildman–Crippen LogP) is 1.15. The van der Waals surface area contributed by atoms with E-state index in [0.29, 0.717) is 19.5 Å². The third kappa shape index (κ3) is 3.19. The lowest BCUT2D eigenvalue weighted by Crippen LogP contribution is -2.52. The summed E-state index contributed by atoms with van der Waals surface area (Å²) >= 11 is 0. The van der Waals surface area contributed by atoms with Crippen molar-refractivity contribution in [2.75, 3.05) is 13.1 Å². The second kappa shape index (κ2) is 5.02. The molecule has 0 aromatic rings. The second-order valence-electron chi connectivity index (χ2n) is 3.40. The zero-order valence-electron chi connectivity index (χ0n) is 8.84. The first-order valence-electron chi connectivity index (χ1n) is 4.68. The number of carbonyl (C=O) groups is 1. The molecule has 0 aliphatic carbocycles. The SMILES string of the molecule is C=CCN(CC)C(=O)C(C)(N)CC. The highest BCUT2D eigenvalue weighted by atomic mass is 16.2. The third-order valence-corrected chi connectivity index (χ3v) is 2.24. The van der Waals surface area contributed by atoms with Gasteiger partial charge in [-0.25, -0.2) is 0 Å². The van der Waals surface area contributed by atoms with Gasteiger partial charge in [0.15, 0.2) is 0 Å². The van der Waals surface area contributed by atoms with Crippen molar-refractivity contribution in [3.05, 3.63) is 12.7 Å². The molecule has 0 bridgehead atoms. The molecule has 76 valence electrons. The number of hydrogen-bond acceptors (Lipinski definition) is 2. The van der Waals surface area contributed by atoms with Crippen molar-refractivity contribution >= 4 is 5.91 Å². The molecule has 3 heteroatoms. The minimum Gasteiger partial charge on any atom is -0.338 e. The van der Waals surface area contributed by atoms with Crippen LogP contribution in [0.25, 0.3) is 0 Å². The topological polar surface area (TPSA) is 46.3 Å². The molecule has 2 N–H and O–H groups in total. The second-order valence-corrected chi connectivity index (χ2v) is 3.40. The molecule has 0 aliphatic rings. The van der Waals surface area contributed by atoms with Crippen molar-refractivity contribution < 1.29 is 4.79 Å². The molecule has 0 aromatic heterocycles. The molecule has 0 fully saturated rings. The Morgan fingerprint density at radius 1 is 1.62 bits per heavy atom. The summed E-state index contributed by atoms with van der Waals surface area (Å²) < 4.78 is 0. The fourth-order valence-electron chi connectivity index (χ4n) is 1.02. The van der Waals surface area contributed by atoms with E-state index < -0.39 is 5.54 Å². The van der Waals surface area contributed by atoms with Gasteiger partial charge in [0.25, 0.3) is 0 Å². The Morgan fingerprint density at radius 2 is 2.15 bits per heavy atom. The van der Waals surface area contributed by atoms with Crippen LogP contribution < -0.4 is 5.73 Å². The Hall–Kier alpha value is -0.830. The Morgan fingerprint density at radius 3 is 2.46 bits per heavy atom. The molecule has 3 nitrogen and oxygen atoms in total. The van der Waals surface area contributed by atoms with Crippen molar-refractivity contribution in [2.24, 2.45) is 5.73 Å². The number of likely N-dealkylation sites (N-methyl/N-ethyl adjacent to an activating group) is 1. The van der Waals surface area contributed by atoms with Gasteiger partial charge >= 0.3 is 0 Å². The molecule has 1 amide bonds. The molecule has 0 rings (SSSR count). The maximum atomic E-state index is 11.8. The van der Waals surface area contributed by atoms with E-state index in [-0.39, 0.29) is 5.91 Å². The van der Waals surface area contributed by atoms with Gasteiger partial charge in [-0.3, -0.25) is 4.79 Å². The van der Waals surface area contributed by atoms with Gasteiger partial charge in [0, 0.05) is 13.1 Å². The summed E-state index contributed by atoms with van der Waals surface area (Å²) in [6, 6.07) is 0. The number of carbonyl (C=O) groups excluding carboxylic acids is 1. The number of nitrogens with two attached hydrogens (primary N) is 1. The predicted molar refractivity (Wildman–Crippen MR) is 55.3 cm³/mol. The van der Waals surface area contributed by atoms with E-state index in [1.807, 2.05) is 13.8 Å². The average Bonchev–Trinajstić information content (AvgIpc) is 2.13. The zero-order valence-corrected chi connectivity index (χ0v) is 8.84. The van der Waals surface area contributed by atoms with Gasteiger partial charge in [0.1, 0.15) is 0 Å². The molecule has 13 heavy (non-hydrogen) atoms. The van der Waals surface area contributed by atoms with Gasteiger partial charge in [0.2, 0.25) is 5.91 Å². The molecule has 0 saturated carbocycles. The number of amides is 1. The molecule has 0 heterocycles. The molecule has 1 atom stereocenters. The Kier molecular flexibility index (Phi) is 4.70. The number of hydrogen-bond donors (Lipinski definition) is 1. The van der Waals surface area contributed by atoms with Crippen LogP contribution in [0.2, 0.25) is 0 Å².